The average Bonchev–Trinajstić information content (AvgIpc) is 3.78. The number of phenols is 1. The van der Waals surface area contributed by atoms with Crippen molar-refractivity contribution in [2.45, 2.75) is 31.7 Å². The van der Waals surface area contributed by atoms with Crippen molar-refractivity contribution in [1.82, 2.24) is 15.0 Å². The Bertz CT molecular complexity index is 1510. The number of carbonyl (C=O) groups is 1. The molecule has 10 heteroatoms. The fraction of sp³-hybridized carbons (Fsp3) is 0.286. The van der Waals surface area contributed by atoms with Crippen molar-refractivity contribution >= 4 is 70.3 Å². The Morgan fingerprint density at radius 2 is 1.63 bits per heavy atom. The Hall–Kier alpha value is -2.70. The van der Waals surface area contributed by atoms with Gasteiger partial charge >= 0.3 is 238 Å². The van der Waals surface area contributed by atoms with Crippen LogP contribution in [0.1, 0.15) is 36.0 Å². The number of ketones is 1. The first-order chi connectivity index (χ1) is 18.4. The zero-order valence-corrected chi connectivity index (χ0v) is 24.1. The number of anilines is 1. The molecule has 3 N–H and O–H groups in total. The van der Waals surface area contributed by atoms with Crippen LogP contribution in [0.2, 0.25) is 10.0 Å². The van der Waals surface area contributed by atoms with Crippen LogP contribution in [-0.2, 0) is 0 Å². The molecule has 0 spiro atoms. The van der Waals surface area contributed by atoms with E-state index < -0.39 is 15.8 Å². The molecule has 6 rings (SSSR count). The minimum atomic E-state index is -0.957. The number of benzene rings is 2. The number of Topliss-reactive ketones (excluding diaryl/α,β-unsaturated/α-hetero) is 1. The summed E-state index contributed by atoms with van der Waals surface area (Å²) in [5, 5.41) is 11.3. The monoisotopic (exact) mass is 609 g/mol. The average molecular weight is 610 g/mol. The molecule has 0 radical (unpaired) electrons. The predicted octanol–water partition coefficient (Wildman–Crippen LogP) is 3.61. The molecule has 1 aliphatic carbocycles. The quantitative estimate of drug-likeness (QED) is 0.254. The summed E-state index contributed by atoms with van der Waals surface area (Å²) in [4.78, 5) is 29.5. The van der Waals surface area contributed by atoms with E-state index in [1.807, 2.05) is 30.6 Å². The molecule has 3 heterocycles. The summed E-state index contributed by atoms with van der Waals surface area (Å²) in [7, 11) is 0. The number of aromatic hydroxyl groups is 1. The summed E-state index contributed by atoms with van der Waals surface area (Å²) in [5.74, 6) is 0.840. The van der Waals surface area contributed by atoms with Crippen LogP contribution < -0.4 is 19.3 Å². The third kappa shape index (κ3) is 5.13. The number of nitrogens with two attached hydrogens (primary N) is 1. The van der Waals surface area contributed by atoms with Gasteiger partial charge < -0.3 is 0 Å². The maximum absolute atomic E-state index is 13.3. The van der Waals surface area contributed by atoms with Crippen molar-refractivity contribution in [2.75, 3.05) is 18.0 Å². The van der Waals surface area contributed by atoms with Crippen molar-refractivity contribution in [3.63, 3.8) is 0 Å². The Balaban J connectivity index is 1.40. The van der Waals surface area contributed by atoms with Gasteiger partial charge in [0, 0.05) is 0 Å². The number of piperidine rings is 1. The standard InChI is InChI=1S/C28H26AsCl2N5O2/c30-22-10-17(11-23(31)27(22)38)16-3-4-24-20(9-16)25(21(14-33-24)26(37)15-1-2-15)29-18-12-34-28(35-13-18)36-7-5-19(32)6-8-36/h3-4,9-15,19,29,38H,1-2,5-8,32H2. The van der Waals surface area contributed by atoms with Gasteiger partial charge in [0.05, 0.1) is 0 Å². The van der Waals surface area contributed by atoms with E-state index in [-0.39, 0.29) is 33.5 Å². The first-order valence-corrected chi connectivity index (χ1v) is 15.5. The summed E-state index contributed by atoms with van der Waals surface area (Å²) >= 11 is 11.4. The zero-order valence-electron chi connectivity index (χ0n) is 20.5. The van der Waals surface area contributed by atoms with Crippen LogP contribution in [0, 0.1) is 5.92 Å². The molecule has 7 nitrogen and oxygen atoms in total. The van der Waals surface area contributed by atoms with Gasteiger partial charge in [-0.25, -0.2) is 0 Å². The van der Waals surface area contributed by atoms with E-state index in [2.05, 4.69) is 19.9 Å². The van der Waals surface area contributed by atoms with Crippen molar-refractivity contribution in [1.29, 1.82) is 0 Å². The summed E-state index contributed by atoms with van der Waals surface area (Å²) in [6, 6.07) is 9.55. The Labute approximate surface area is 237 Å². The molecule has 0 amide bonds. The number of hydrogen-bond donors (Lipinski definition) is 2. The number of aromatic nitrogens is 3. The molecule has 2 aliphatic rings. The second-order valence-electron chi connectivity index (χ2n) is 9.93. The third-order valence-electron chi connectivity index (χ3n) is 7.16. The van der Waals surface area contributed by atoms with Crippen LogP contribution in [0.4, 0.5) is 5.95 Å². The molecule has 2 fully saturated rings. The molecule has 2 aromatic heterocycles. The molecule has 2 aromatic carbocycles. The Morgan fingerprint density at radius 1 is 0.947 bits per heavy atom. The van der Waals surface area contributed by atoms with Crippen molar-refractivity contribution in [2.24, 2.45) is 11.7 Å². The molecular weight excluding hydrogens is 584 g/mol. The SMILES string of the molecule is NC1CCN(c2ncc([AsH]c3c(C(=O)C4CC4)cnc4ccc(-c5cc(Cl)c(O)c(Cl)c5)cc34)cn2)CC1. The summed E-state index contributed by atoms with van der Waals surface area (Å²) < 4.78 is 2.07. The van der Waals surface area contributed by atoms with Crippen molar-refractivity contribution in [3.8, 4) is 16.9 Å². The molecule has 0 bridgehead atoms. The molecule has 194 valence electrons. The Morgan fingerprint density at radius 3 is 2.29 bits per heavy atom. The number of fused-ring (bicyclic) bond motifs is 1. The van der Waals surface area contributed by atoms with Crippen LogP contribution in [0.5, 0.6) is 5.75 Å². The fourth-order valence-electron chi connectivity index (χ4n) is 4.78. The number of nitrogens with zero attached hydrogens (tertiary/aromatic N) is 4. The van der Waals surface area contributed by atoms with Crippen LogP contribution in [0.3, 0.4) is 0 Å². The Kier molecular flexibility index (Phi) is 7.04. The maximum atomic E-state index is 13.3. The van der Waals surface area contributed by atoms with E-state index in [1.54, 1.807) is 18.3 Å². The predicted molar refractivity (Wildman–Crippen MR) is 154 cm³/mol. The number of pyridine rings is 1. The summed E-state index contributed by atoms with van der Waals surface area (Å²) in [5.41, 5.74) is 9.22. The van der Waals surface area contributed by atoms with E-state index in [4.69, 9.17) is 28.9 Å². The van der Waals surface area contributed by atoms with Crippen LogP contribution in [0.25, 0.3) is 22.0 Å². The number of hydrogen-bond acceptors (Lipinski definition) is 7. The zero-order chi connectivity index (χ0) is 26.4. The van der Waals surface area contributed by atoms with Gasteiger partial charge in [0.1, 0.15) is 0 Å². The molecule has 1 saturated heterocycles. The van der Waals surface area contributed by atoms with Gasteiger partial charge in [-0.15, -0.1) is 0 Å². The first kappa shape index (κ1) is 25.6. The molecule has 1 atom stereocenters. The summed E-state index contributed by atoms with van der Waals surface area (Å²) in [6.07, 6.45) is 9.27. The molecule has 1 saturated carbocycles. The topological polar surface area (TPSA) is 105 Å². The van der Waals surface area contributed by atoms with Crippen LogP contribution in [0.15, 0.2) is 48.9 Å². The van der Waals surface area contributed by atoms with Gasteiger partial charge in [0.2, 0.25) is 0 Å². The molecule has 1 unspecified atom stereocenters. The minimum absolute atomic E-state index is 0.0848. The van der Waals surface area contributed by atoms with E-state index in [1.165, 1.54) is 0 Å². The van der Waals surface area contributed by atoms with Crippen LogP contribution in [-0.4, -0.2) is 60.7 Å². The van der Waals surface area contributed by atoms with E-state index in [0.29, 0.717) is 5.56 Å². The second kappa shape index (κ2) is 10.5. The van der Waals surface area contributed by atoms with Gasteiger partial charge in [0.25, 0.3) is 0 Å². The van der Waals surface area contributed by atoms with Gasteiger partial charge in [-0.1, -0.05) is 0 Å². The normalized spacial score (nSPS) is 16.6. The first-order valence-electron chi connectivity index (χ1n) is 12.6. The molecule has 4 aromatic rings. The van der Waals surface area contributed by atoms with Crippen LogP contribution >= 0.6 is 23.2 Å². The molecule has 38 heavy (non-hydrogen) atoms. The molecule has 1 aliphatic heterocycles. The third-order valence-corrected chi connectivity index (χ3v) is 10.5. The second-order valence-corrected chi connectivity index (χ2v) is 13.5. The molecular formula is C28H26AsCl2N5O2. The van der Waals surface area contributed by atoms with E-state index >= 15 is 0 Å². The number of phenolic OH excluding ortho intramolecular Hbond substituents is 1. The van der Waals surface area contributed by atoms with Gasteiger partial charge in [-0.05, 0) is 0 Å². The van der Waals surface area contributed by atoms with Crippen molar-refractivity contribution < 1.29 is 9.90 Å². The van der Waals surface area contributed by atoms with Crippen molar-refractivity contribution in [3.05, 3.63) is 64.5 Å². The number of halogens is 2. The number of carbonyl (C=O) groups excluding carboxylic acids is 1. The van der Waals surface area contributed by atoms with E-state index in [9.17, 15) is 9.90 Å². The van der Waals surface area contributed by atoms with Gasteiger partial charge in [-0.2, -0.15) is 0 Å². The number of rotatable bonds is 6. The van der Waals surface area contributed by atoms with Gasteiger partial charge in [-0.3, -0.25) is 0 Å². The fourth-order valence-corrected chi connectivity index (χ4v) is 7.80. The van der Waals surface area contributed by atoms with E-state index in [0.717, 1.165) is 75.5 Å². The van der Waals surface area contributed by atoms with Gasteiger partial charge in [0.15, 0.2) is 0 Å². The summed E-state index contributed by atoms with van der Waals surface area (Å²) in [6.45, 7) is 1.72.